The Morgan fingerprint density at radius 2 is 2.11 bits per heavy atom. The fourth-order valence-electron chi connectivity index (χ4n) is 1.79. The molecule has 2 N–H and O–H groups in total. The van der Waals surface area contributed by atoms with E-state index in [0.29, 0.717) is 22.2 Å². The summed E-state index contributed by atoms with van der Waals surface area (Å²) in [6, 6.07) is 8.85. The Labute approximate surface area is 122 Å². The van der Waals surface area contributed by atoms with E-state index in [2.05, 4.69) is 5.32 Å². The first kappa shape index (κ1) is 14.4. The number of furan rings is 1. The van der Waals surface area contributed by atoms with E-state index in [1.807, 2.05) is 12.1 Å². The van der Waals surface area contributed by atoms with E-state index < -0.39 is 6.10 Å². The number of hydrogen-bond acceptors (Lipinski definition) is 3. The highest BCUT2D eigenvalue weighted by Crippen LogP contribution is 2.25. The van der Waals surface area contributed by atoms with Crippen LogP contribution < -0.4 is 5.32 Å². The first-order valence-electron chi connectivity index (χ1n) is 6.03. The Balaban J connectivity index is 1.80. The van der Waals surface area contributed by atoms with Crippen molar-refractivity contribution in [1.29, 1.82) is 0 Å². The summed E-state index contributed by atoms with van der Waals surface area (Å²) < 4.78 is 5.22. The molecule has 1 aromatic carbocycles. The summed E-state index contributed by atoms with van der Waals surface area (Å²) in [7, 11) is 0. The molecule has 0 radical (unpaired) electrons. The van der Waals surface area contributed by atoms with Crippen molar-refractivity contribution in [2.75, 3.05) is 13.1 Å². The van der Waals surface area contributed by atoms with Crippen molar-refractivity contribution in [2.45, 2.75) is 12.5 Å². The van der Waals surface area contributed by atoms with Crippen LogP contribution >= 0.6 is 23.2 Å². The smallest absolute Gasteiger partial charge is 0.105 e. The monoisotopic (exact) mass is 299 g/mol. The summed E-state index contributed by atoms with van der Waals surface area (Å²) in [5.74, 6) is 0.919. The second kappa shape index (κ2) is 6.96. The molecule has 0 saturated carbocycles. The van der Waals surface area contributed by atoms with Crippen molar-refractivity contribution in [2.24, 2.45) is 0 Å². The van der Waals surface area contributed by atoms with Gasteiger partial charge >= 0.3 is 0 Å². The summed E-state index contributed by atoms with van der Waals surface area (Å²) in [6.07, 6.45) is 1.75. The molecule has 19 heavy (non-hydrogen) atoms. The average Bonchev–Trinajstić information content (AvgIpc) is 2.90. The molecule has 3 nitrogen and oxygen atoms in total. The fraction of sp³-hybridized carbons (Fsp3) is 0.286. The lowest BCUT2D eigenvalue weighted by molar-refractivity contribution is 0.175. The number of aliphatic hydroxyl groups is 1. The predicted octanol–water partition coefficient (Wildman–Crippen LogP) is 3.45. The van der Waals surface area contributed by atoms with Gasteiger partial charge in [0, 0.05) is 35.1 Å². The number of hydrogen-bond donors (Lipinski definition) is 2. The average molecular weight is 300 g/mol. The largest absolute Gasteiger partial charge is 0.469 e. The van der Waals surface area contributed by atoms with Gasteiger partial charge in [0.15, 0.2) is 0 Å². The minimum Gasteiger partial charge on any atom is -0.469 e. The molecule has 0 aliphatic heterocycles. The molecule has 1 atom stereocenters. The zero-order valence-corrected chi connectivity index (χ0v) is 11.8. The first-order chi connectivity index (χ1) is 9.16. The Kier molecular flexibility index (Phi) is 5.28. The molecule has 0 fully saturated rings. The lowest BCUT2D eigenvalue weighted by atomic mass is 10.1. The van der Waals surface area contributed by atoms with Crippen molar-refractivity contribution in [1.82, 2.24) is 5.32 Å². The van der Waals surface area contributed by atoms with Crippen molar-refractivity contribution < 1.29 is 9.52 Å². The van der Waals surface area contributed by atoms with Gasteiger partial charge in [0.2, 0.25) is 0 Å². The fourth-order valence-corrected chi connectivity index (χ4v) is 2.21. The Bertz CT molecular complexity index is 514. The summed E-state index contributed by atoms with van der Waals surface area (Å²) in [4.78, 5) is 0. The molecular weight excluding hydrogens is 285 g/mol. The van der Waals surface area contributed by atoms with Crippen LogP contribution in [0.5, 0.6) is 0 Å². The summed E-state index contributed by atoms with van der Waals surface area (Å²) in [5, 5.41) is 14.3. The van der Waals surface area contributed by atoms with Gasteiger partial charge in [-0.2, -0.15) is 0 Å². The van der Waals surface area contributed by atoms with E-state index >= 15 is 0 Å². The third-order valence-electron chi connectivity index (χ3n) is 2.78. The highest BCUT2D eigenvalue weighted by atomic mass is 35.5. The first-order valence-corrected chi connectivity index (χ1v) is 6.78. The van der Waals surface area contributed by atoms with Crippen LogP contribution in [0, 0.1) is 0 Å². The van der Waals surface area contributed by atoms with Crippen molar-refractivity contribution in [3.63, 3.8) is 0 Å². The van der Waals surface area contributed by atoms with Crippen LogP contribution in [0.25, 0.3) is 0 Å². The molecule has 0 bridgehead atoms. The predicted molar refractivity (Wildman–Crippen MR) is 76.7 cm³/mol. The topological polar surface area (TPSA) is 45.4 Å². The van der Waals surface area contributed by atoms with Gasteiger partial charge in [-0.25, -0.2) is 0 Å². The van der Waals surface area contributed by atoms with Crippen LogP contribution in [-0.4, -0.2) is 18.2 Å². The van der Waals surface area contributed by atoms with Crippen LogP contribution in [0.15, 0.2) is 41.0 Å². The molecule has 0 spiro atoms. The third-order valence-corrected chi connectivity index (χ3v) is 3.36. The maximum absolute atomic E-state index is 10.1. The van der Waals surface area contributed by atoms with Gasteiger partial charge in [-0.3, -0.25) is 0 Å². The maximum Gasteiger partial charge on any atom is 0.105 e. The molecule has 2 aromatic rings. The van der Waals surface area contributed by atoms with Crippen LogP contribution in [0.4, 0.5) is 0 Å². The normalized spacial score (nSPS) is 12.6. The minimum atomic E-state index is -0.678. The number of benzene rings is 1. The highest BCUT2D eigenvalue weighted by Gasteiger charge is 2.11. The Morgan fingerprint density at radius 3 is 2.84 bits per heavy atom. The van der Waals surface area contributed by atoms with E-state index in [-0.39, 0.29) is 0 Å². The molecule has 5 heteroatoms. The van der Waals surface area contributed by atoms with E-state index in [4.69, 9.17) is 27.6 Å². The van der Waals surface area contributed by atoms with E-state index in [0.717, 1.165) is 18.7 Å². The van der Waals surface area contributed by atoms with Crippen molar-refractivity contribution in [3.8, 4) is 0 Å². The van der Waals surface area contributed by atoms with Crippen molar-refractivity contribution in [3.05, 3.63) is 58.0 Å². The molecule has 1 unspecified atom stereocenters. The molecular formula is C14H15Cl2NO2. The number of aliphatic hydroxyl groups excluding tert-OH is 1. The van der Waals surface area contributed by atoms with Gasteiger partial charge < -0.3 is 14.8 Å². The second-order valence-corrected chi connectivity index (χ2v) is 5.06. The van der Waals surface area contributed by atoms with Crippen LogP contribution in [0.2, 0.25) is 10.0 Å². The van der Waals surface area contributed by atoms with Gasteiger partial charge in [0.1, 0.15) is 5.76 Å². The molecule has 1 heterocycles. The van der Waals surface area contributed by atoms with Crippen molar-refractivity contribution >= 4 is 23.2 Å². The lowest BCUT2D eigenvalue weighted by Gasteiger charge is -2.13. The van der Waals surface area contributed by atoms with Gasteiger partial charge in [-0.1, -0.05) is 23.2 Å². The summed E-state index contributed by atoms with van der Waals surface area (Å²) in [5.41, 5.74) is 0.639. The molecule has 0 saturated heterocycles. The Hall–Kier alpha value is -1.000. The molecule has 0 amide bonds. The van der Waals surface area contributed by atoms with Gasteiger partial charge in [-0.05, 0) is 30.3 Å². The van der Waals surface area contributed by atoms with E-state index in [1.54, 1.807) is 24.5 Å². The third kappa shape index (κ3) is 4.25. The van der Waals surface area contributed by atoms with Gasteiger partial charge in [-0.15, -0.1) is 0 Å². The van der Waals surface area contributed by atoms with E-state index in [1.165, 1.54) is 0 Å². The van der Waals surface area contributed by atoms with Crippen LogP contribution in [0.3, 0.4) is 0 Å². The van der Waals surface area contributed by atoms with Gasteiger partial charge in [0.25, 0.3) is 0 Å². The number of rotatable bonds is 6. The number of nitrogens with one attached hydrogen (secondary N) is 1. The zero-order valence-electron chi connectivity index (χ0n) is 10.3. The zero-order chi connectivity index (χ0) is 13.7. The maximum atomic E-state index is 10.1. The van der Waals surface area contributed by atoms with E-state index in [9.17, 15) is 5.11 Å². The van der Waals surface area contributed by atoms with Crippen LogP contribution in [0.1, 0.15) is 17.4 Å². The molecule has 1 aromatic heterocycles. The second-order valence-electron chi connectivity index (χ2n) is 4.22. The summed E-state index contributed by atoms with van der Waals surface area (Å²) >= 11 is 11.9. The van der Waals surface area contributed by atoms with Gasteiger partial charge in [0.05, 0.1) is 12.4 Å². The lowest BCUT2D eigenvalue weighted by Crippen LogP contribution is -2.23. The summed E-state index contributed by atoms with van der Waals surface area (Å²) in [6.45, 7) is 1.14. The molecule has 0 aliphatic carbocycles. The standard InChI is InChI=1S/C14H15Cl2NO2/c15-10-3-4-13(16)12(8-10)14(18)9-17-6-5-11-2-1-7-19-11/h1-4,7-8,14,17-18H,5-6,9H2. The highest BCUT2D eigenvalue weighted by molar-refractivity contribution is 6.33. The molecule has 102 valence electrons. The minimum absolute atomic E-state index is 0.417. The molecule has 0 aliphatic rings. The SMILES string of the molecule is OC(CNCCc1ccco1)c1cc(Cl)ccc1Cl. The Morgan fingerprint density at radius 1 is 1.26 bits per heavy atom. The quantitative estimate of drug-likeness (QED) is 0.803. The number of halogens is 2. The molecule has 2 rings (SSSR count). The van der Waals surface area contributed by atoms with Crippen LogP contribution in [-0.2, 0) is 6.42 Å².